The van der Waals surface area contributed by atoms with E-state index in [0.717, 1.165) is 0 Å². The van der Waals surface area contributed by atoms with E-state index >= 15 is 0 Å². The van der Waals surface area contributed by atoms with Gasteiger partial charge in [0.15, 0.2) is 35.1 Å². The van der Waals surface area contributed by atoms with Gasteiger partial charge in [0.05, 0.1) is 6.33 Å². The van der Waals surface area contributed by atoms with Crippen molar-refractivity contribution in [2.24, 2.45) is 5.11 Å². The summed E-state index contributed by atoms with van der Waals surface area (Å²) in [4.78, 5) is 27.5. The largest absolute Gasteiger partial charge is 0.385 e. The molecule has 1 saturated heterocycles. The van der Waals surface area contributed by atoms with E-state index < -0.39 is 30.1 Å². The SMILES string of the molecule is [N-]=[N+]=N[C@]1(CI)O[C@@H](n2cnc3c(NC(=O)c4ccccc4)ncnc32)[C@H](O)[C@@H]1F. The highest BCUT2D eigenvalue weighted by atomic mass is 127. The Morgan fingerprint density at radius 3 is 2.87 bits per heavy atom. The number of halogens is 2. The highest BCUT2D eigenvalue weighted by molar-refractivity contribution is 14.1. The molecule has 13 heteroatoms. The number of rotatable bonds is 5. The molecule has 2 aromatic heterocycles. The second-order valence-electron chi connectivity index (χ2n) is 6.44. The topological polar surface area (TPSA) is 151 Å². The van der Waals surface area contributed by atoms with Gasteiger partial charge in [-0.05, 0) is 17.7 Å². The number of anilines is 1. The zero-order chi connectivity index (χ0) is 21.3. The number of carbonyl (C=O) groups is 1. The molecule has 3 heterocycles. The first-order valence-electron chi connectivity index (χ1n) is 8.67. The predicted molar refractivity (Wildman–Crippen MR) is 112 cm³/mol. The lowest BCUT2D eigenvalue weighted by Gasteiger charge is -2.22. The van der Waals surface area contributed by atoms with E-state index in [1.165, 1.54) is 17.2 Å². The van der Waals surface area contributed by atoms with Crippen LogP contribution in [0.4, 0.5) is 10.2 Å². The molecule has 1 aliphatic rings. The van der Waals surface area contributed by atoms with Crippen molar-refractivity contribution < 1.29 is 19.0 Å². The van der Waals surface area contributed by atoms with Gasteiger partial charge in [-0.1, -0.05) is 45.9 Å². The highest BCUT2D eigenvalue weighted by Gasteiger charge is 2.56. The number of hydrogen-bond donors (Lipinski definition) is 2. The molecule has 30 heavy (non-hydrogen) atoms. The molecule has 1 aromatic carbocycles. The quantitative estimate of drug-likeness (QED) is 0.172. The molecule has 0 radical (unpaired) electrons. The number of ether oxygens (including phenoxy) is 1. The van der Waals surface area contributed by atoms with Crippen molar-refractivity contribution in [3.05, 3.63) is 59.0 Å². The monoisotopic (exact) mass is 524 g/mol. The molecule has 3 aromatic rings. The zero-order valence-electron chi connectivity index (χ0n) is 15.1. The number of alkyl halides is 2. The van der Waals surface area contributed by atoms with Gasteiger partial charge in [-0.2, -0.15) is 0 Å². The molecule has 0 spiro atoms. The molecule has 4 atom stereocenters. The number of fused-ring (bicyclic) bond motifs is 1. The van der Waals surface area contributed by atoms with Gasteiger partial charge in [0, 0.05) is 14.9 Å². The number of imidazole rings is 1. The van der Waals surface area contributed by atoms with Gasteiger partial charge in [0.25, 0.3) is 5.91 Å². The van der Waals surface area contributed by atoms with E-state index in [9.17, 15) is 14.3 Å². The normalized spacial score (nSPS) is 25.8. The number of amides is 1. The molecule has 0 unspecified atom stereocenters. The molecular formula is C17H14FIN8O3. The van der Waals surface area contributed by atoms with Crippen molar-refractivity contribution in [1.29, 1.82) is 0 Å². The molecule has 0 bridgehead atoms. The summed E-state index contributed by atoms with van der Waals surface area (Å²) in [6.45, 7) is 0. The number of azide groups is 1. The number of hydrogen-bond acceptors (Lipinski definition) is 7. The maximum atomic E-state index is 14.7. The van der Waals surface area contributed by atoms with Gasteiger partial charge in [-0.25, -0.2) is 19.3 Å². The van der Waals surface area contributed by atoms with Crippen molar-refractivity contribution in [3.63, 3.8) is 0 Å². The van der Waals surface area contributed by atoms with Crippen LogP contribution >= 0.6 is 22.6 Å². The Morgan fingerprint density at radius 1 is 1.40 bits per heavy atom. The maximum Gasteiger partial charge on any atom is 0.256 e. The Bertz CT molecular complexity index is 1140. The first-order valence-corrected chi connectivity index (χ1v) is 10.2. The fourth-order valence-corrected chi connectivity index (χ4v) is 3.91. The minimum Gasteiger partial charge on any atom is -0.385 e. The minimum absolute atomic E-state index is 0.0104. The molecule has 11 nitrogen and oxygen atoms in total. The fraction of sp³-hybridized carbons (Fsp3) is 0.294. The number of nitrogens with one attached hydrogen (secondary N) is 1. The smallest absolute Gasteiger partial charge is 0.256 e. The second kappa shape index (κ2) is 8.10. The van der Waals surface area contributed by atoms with Crippen LogP contribution in [0.3, 0.4) is 0 Å². The lowest BCUT2D eigenvalue weighted by atomic mass is 10.1. The Morgan fingerprint density at radius 2 is 2.17 bits per heavy atom. The van der Waals surface area contributed by atoms with Crippen LogP contribution in [0.25, 0.3) is 21.6 Å². The molecule has 2 N–H and O–H groups in total. The Kier molecular flexibility index (Phi) is 5.51. The summed E-state index contributed by atoms with van der Waals surface area (Å²) >= 11 is 1.82. The molecule has 0 aliphatic carbocycles. The van der Waals surface area contributed by atoms with Crippen molar-refractivity contribution in [2.75, 3.05) is 9.74 Å². The van der Waals surface area contributed by atoms with E-state index in [1.807, 2.05) is 22.6 Å². The van der Waals surface area contributed by atoms with Gasteiger partial charge in [-0.15, -0.1) is 0 Å². The lowest BCUT2D eigenvalue weighted by Crippen LogP contribution is -2.39. The van der Waals surface area contributed by atoms with Crippen LogP contribution in [0.15, 0.2) is 48.1 Å². The van der Waals surface area contributed by atoms with Crippen molar-refractivity contribution in [3.8, 4) is 0 Å². The van der Waals surface area contributed by atoms with Crippen LogP contribution in [0, 0.1) is 0 Å². The lowest BCUT2D eigenvalue weighted by molar-refractivity contribution is -0.0761. The molecule has 1 aliphatic heterocycles. The zero-order valence-corrected chi connectivity index (χ0v) is 17.3. The number of nitrogens with zero attached hydrogens (tertiary/aromatic N) is 7. The first-order chi connectivity index (χ1) is 14.5. The second-order valence-corrected chi connectivity index (χ2v) is 7.20. The van der Waals surface area contributed by atoms with Crippen LogP contribution < -0.4 is 5.32 Å². The van der Waals surface area contributed by atoms with Crippen molar-refractivity contribution in [1.82, 2.24) is 19.5 Å². The molecule has 0 saturated carbocycles. The van der Waals surface area contributed by atoms with E-state index in [-0.39, 0.29) is 21.4 Å². The summed E-state index contributed by atoms with van der Waals surface area (Å²) in [6.07, 6.45) is -2.32. The molecule has 1 fully saturated rings. The first kappa shape index (κ1) is 20.4. The number of aliphatic hydroxyl groups is 1. The molecule has 1 amide bonds. The van der Waals surface area contributed by atoms with Gasteiger partial charge in [-0.3, -0.25) is 9.36 Å². The maximum absolute atomic E-state index is 14.7. The number of carbonyl (C=O) groups excluding carboxylic acids is 1. The van der Waals surface area contributed by atoms with Gasteiger partial charge >= 0.3 is 0 Å². The third-order valence-electron chi connectivity index (χ3n) is 4.65. The van der Waals surface area contributed by atoms with E-state index in [2.05, 4.69) is 30.3 Å². The number of benzene rings is 1. The van der Waals surface area contributed by atoms with Crippen molar-refractivity contribution in [2.45, 2.75) is 24.2 Å². The van der Waals surface area contributed by atoms with Gasteiger partial charge in [0.2, 0.25) is 0 Å². The third kappa shape index (κ3) is 3.35. The van der Waals surface area contributed by atoms with Crippen LogP contribution in [-0.4, -0.2) is 53.0 Å². The average Bonchev–Trinajstić information content (AvgIpc) is 3.30. The summed E-state index contributed by atoms with van der Waals surface area (Å²) in [6, 6.07) is 8.55. The highest BCUT2D eigenvalue weighted by Crippen LogP contribution is 2.42. The Labute approximate surface area is 182 Å². The summed E-state index contributed by atoms with van der Waals surface area (Å²) in [7, 11) is 0. The molecule has 4 rings (SSSR count). The van der Waals surface area contributed by atoms with Crippen LogP contribution in [0.1, 0.15) is 16.6 Å². The van der Waals surface area contributed by atoms with E-state index in [4.69, 9.17) is 10.3 Å². The van der Waals surface area contributed by atoms with Crippen LogP contribution in [0.2, 0.25) is 0 Å². The summed E-state index contributed by atoms with van der Waals surface area (Å²) < 4.78 is 21.7. The third-order valence-corrected chi connectivity index (χ3v) is 5.75. The fourth-order valence-electron chi connectivity index (χ4n) is 3.16. The van der Waals surface area contributed by atoms with E-state index in [0.29, 0.717) is 5.56 Å². The van der Waals surface area contributed by atoms with E-state index in [1.54, 1.807) is 30.3 Å². The van der Waals surface area contributed by atoms with Gasteiger partial charge in [0.1, 0.15) is 12.4 Å². The number of aliphatic hydroxyl groups excluding tert-OH is 1. The summed E-state index contributed by atoms with van der Waals surface area (Å²) in [5.74, 6) is -0.245. The number of aromatic nitrogens is 4. The Hall–Kier alpha value is -2.87. The Balaban J connectivity index is 1.69. The summed E-state index contributed by atoms with van der Waals surface area (Å²) in [5, 5.41) is 16.5. The standard InChI is InChI=1S/C17H14FIN8O3/c18-12-11(28)16(30-17(12,6-19)25-26-20)27-8-23-10-13(21-7-22-14(10)27)24-15(29)9-4-2-1-3-5-9/h1-5,7-8,11-12,16,28H,6H2,(H,21,22,24,29)/t11-,12+,16-,17-/m1/s1. The average molecular weight is 524 g/mol. The molecular weight excluding hydrogens is 510 g/mol. The van der Waals surface area contributed by atoms with Crippen LogP contribution in [-0.2, 0) is 4.74 Å². The van der Waals surface area contributed by atoms with Crippen molar-refractivity contribution >= 4 is 45.5 Å². The summed E-state index contributed by atoms with van der Waals surface area (Å²) in [5.41, 5.74) is 7.78. The molecule has 154 valence electrons. The van der Waals surface area contributed by atoms with Crippen LogP contribution in [0.5, 0.6) is 0 Å². The van der Waals surface area contributed by atoms with Gasteiger partial charge < -0.3 is 15.2 Å². The minimum atomic E-state index is -1.95. The predicted octanol–water partition coefficient (Wildman–Crippen LogP) is 2.75.